The molecule has 3 aromatic rings. The van der Waals surface area contributed by atoms with Crippen LogP contribution in [0.5, 0.6) is 0 Å². The third-order valence-corrected chi connectivity index (χ3v) is 7.20. The molecule has 0 radical (unpaired) electrons. The van der Waals surface area contributed by atoms with Gasteiger partial charge in [0.1, 0.15) is 10.8 Å². The van der Waals surface area contributed by atoms with E-state index in [2.05, 4.69) is 52.3 Å². The van der Waals surface area contributed by atoms with Crippen molar-refractivity contribution in [1.29, 1.82) is 0 Å². The number of hydrogen-bond acceptors (Lipinski definition) is 5. The Morgan fingerprint density at radius 2 is 1.97 bits per heavy atom. The number of nitrogen functional groups attached to an aromatic ring is 1. The van der Waals surface area contributed by atoms with Crippen LogP contribution in [-0.2, 0) is 4.79 Å². The second kappa shape index (κ2) is 7.41. The van der Waals surface area contributed by atoms with E-state index in [1.165, 1.54) is 0 Å². The van der Waals surface area contributed by atoms with Gasteiger partial charge in [0.2, 0.25) is 5.91 Å². The molecule has 0 bridgehead atoms. The molecule has 5 rings (SSSR count). The summed E-state index contributed by atoms with van der Waals surface area (Å²) in [5.74, 6) is 0.522. The van der Waals surface area contributed by atoms with E-state index in [0.717, 1.165) is 66.6 Å². The molecule has 3 N–H and O–H groups in total. The Bertz CT molecular complexity index is 1160. The van der Waals surface area contributed by atoms with Crippen molar-refractivity contribution < 1.29 is 4.79 Å². The molecule has 162 valence electrons. The first-order valence-corrected chi connectivity index (χ1v) is 11.2. The van der Waals surface area contributed by atoms with Gasteiger partial charge in [-0.3, -0.25) is 9.48 Å². The van der Waals surface area contributed by atoms with Gasteiger partial charge in [0.15, 0.2) is 0 Å². The zero-order valence-corrected chi connectivity index (χ0v) is 18.6. The minimum Gasteiger partial charge on any atom is -0.382 e. The summed E-state index contributed by atoms with van der Waals surface area (Å²) < 4.78 is 2.02. The van der Waals surface area contributed by atoms with Crippen LogP contribution in [0.15, 0.2) is 30.6 Å². The Kier molecular flexibility index (Phi) is 4.81. The van der Waals surface area contributed by atoms with Crippen molar-refractivity contribution in [2.75, 3.05) is 30.3 Å². The molecular weight excluding hydrogens is 412 g/mol. The number of rotatable bonds is 3. The van der Waals surface area contributed by atoms with Gasteiger partial charge >= 0.3 is 0 Å². The number of aromatic nitrogens is 3. The number of fused-ring (bicyclic) bond motifs is 1. The van der Waals surface area contributed by atoms with Gasteiger partial charge in [-0.05, 0) is 50.8 Å². The molecule has 0 aliphatic carbocycles. The Hall–Kier alpha value is -2.80. The maximum absolute atomic E-state index is 12.4. The largest absolute Gasteiger partial charge is 0.382 e. The fourth-order valence-corrected chi connectivity index (χ4v) is 5.27. The number of carbonyl (C=O) groups is 1. The smallest absolute Gasteiger partial charge is 0.226 e. The minimum atomic E-state index is -0.230. The zero-order chi connectivity index (χ0) is 21.8. The third kappa shape index (κ3) is 3.22. The number of anilines is 2. The second-order valence-electron chi connectivity index (χ2n) is 8.95. The summed E-state index contributed by atoms with van der Waals surface area (Å²) in [5.41, 5.74) is 9.84. The number of nitrogens with two attached hydrogens (primary N) is 1. The van der Waals surface area contributed by atoms with E-state index in [0.29, 0.717) is 16.9 Å². The Balaban J connectivity index is 1.53. The summed E-state index contributed by atoms with van der Waals surface area (Å²) in [5, 5.41) is 9.07. The minimum absolute atomic E-state index is 0.195. The number of amides is 1. The van der Waals surface area contributed by atoms with Crippen LogP contribution in [0.1, 0.15) is 39.2 Å². The van der Waals surface area contributed by atoms with E-state index in [-0.39, 0.29) is 11.3 Å². The average Bonchev–Trinajstić information content (AvgIpc) is 3.34. The lowest BCUT2D eigenvalue weighted by atomic mass is 9.77. The summed E-state index contributed by atoms with van der Waals surface area (Å²) in [6.45, 7) is 6.54. The van der Waals surface area contributed by atoms with Gasteiger partial charge in [0.25, 0.3) is 0 Å². The molecule has 1 aromatic carbocycles. The molecule has 1 amide bonds. The maximum atomic E-state index is 12.4. The Morgan fingerprint density at radius 3 is 2.65 bits per heavy atom. The van der Waals surface area contributed by atoms with Crippen molar-refractivity contribution in [3.63, 3.8) is 0 Å². The van der Waals surface area contributed by atoms with Crippen LogP contribution in [0, 0.1) is 5.41 Å². The molecule has 1 spiro atoms. The second-order valence-corrected chi connectivity index (χ2v) is 9.33. The van der Waals surface area contributed by atoms with Crippen molar-refractivity contribution in [3.8, 4) is 11.1 Å². The Morgan fingerprint density at radius 1 is 1.19 bits per heavy atom. The normalized spacial score (nSPS) is 18.3. The van der Waals surface area contributed by atoms with Crippen molar-refractivity contribution in [3.05, 3.63) is 35.6 Å². The number of nitrogens with zero attached hydrogens (tertiary/aromatic N) is 4. The average molecular weight is 439 g/mol. The fraction of sp³-hybridized carbons (Fsp3) is 0.435. The highest BCUT2D eigenvalue weighted by Crippen LogP contribution is 2.45. The first-order valence-electron chi connectivity index (χ1n) is 10.8. The quantitative estimate of drug-likeness (QED) is 0.644. The van der Waals surface area contributed by atoms with Crippen LogP contribution in [0.3, 0.4) is 0 Å². The van der Waals surface area contributed by atoms with Crippen molar-refractivity contribution in [1.82, 2.24) is 20.1 Å². The molecule has 0 saturated carbocycles. The topological polar surface area (TPSA) is 89.1 Å². The van der Waals surface area contributed by atoms with Gasteiger partial charge in [-0.2, -0.15) is 5.10 Å². The van der Waals surface area contributed by atoms with Crippen LogP contribution >= 0.6 is 11.6 Å². The highest BCUT2D eigenvalue weighted by molar-refractivity contribution is 6.36. The number of piperidine rings is 1. The standard InChI is InChI=1S/C23H27ClN6O/c1-14(2)30-18-4-3-15(11-16(18)12-28-30)17-13-27-21(25)19(24)20(17)29-9-6-23(7-10-29)5-8-26-22(23)31/h3-4,11-14H,5-10H2,1-2H3,(H2,25,27)(H,26,31). The molecule has 2 aliphatic heterocycles. The van der Waals surface area contributed by atoms with Gasteiger partial charge in [0, 0.05) is 42.8 Å². The van der Waals surface area contributed by atoms with Crippen molar-refractivity contribution in [2.24, 2.45) is 5.41 Å². The Labute approximate surface area is 186 Å². The van der Waals surface area contributed by atoms with Gasteiger partial charge in [0.05, 0.1) is 22.8 Å². The van der Waals surface area contributed by atoms with Gasteiger partial charge in [-0.15, -0.1) is 0 Å². The number of hydrogen-bond donors (Lipinski definition) is 2. The fourth-order valence-electron chi connectivity index (χ4n) is 5.00. The van der Waals surface area contributed by atoms with E-state index >= 15 is 0 Å². The molecule has 2 saturated heterocycles. The summed E-state index contributed by atoms with van der Waals surface area (Å²) in [6, 6.07) is 6.61. The lowest BCUT2D eigenvalue weighted by Gasteiger charge is -2.39. The van der Waals surface area contributed by atoms with Gasteiger partial charge in [-0.25, -0.2) is 4.98 Å². The summed E-state index contributed by atoms with van der Waals surface area (Å²) in [6.07, 6.45) is 6.24. The molecule has 2 aromatic heterocycles. The highest BCUT2D eigenvalue weighted by Gasteiger charge is 2.44. The van der Waals surface area contributed by atoms with Crippen LogP contribution in [0.4, 0.5) is 11.5 Å². The van der Waals surface area contributed by atoms with Crippen LogP contribution in [0.2, 0.25) is 5.02 Å². The molecular formula is C23H27ClN6O. The van der Waals surface area contributed by atoms with Crippen molar-refractivity contribution in [2.45, 2.75) is 39.2 Å². The number of halogens is 1. The molecule has 0 unspecified atom stereocenters. The first-order chi connectivity index (χ1) is 14.9. The highest BCUT2D eigenvalue weighted by atomic mass is 35.5. The van der Waals surface area contributed by atoms with E-state index in [4.69, 9.17) is 17.3 Å². The summed E-state index contributed by atoms with van der Waals surface area (Å²) >= 11 is 6.70. The molecule has 8 heteroatoms. The maximum Gasteiger partial charge on any atom is 0.226 e. The summed E-state index contributed by atoms with van der Waals surface area (Å²) in [7, 11) is 0. The lowest BCUT2D eigenvalue weighted by molar-refractivity contribution is -0.128. The van der Waals surface area contributed by atoms with Crippen LogP contribution in [-0.4, -0.2) is 40.3 Å². The predicted octanol–water partition coefficient (Wildman–Crippen LogP) is 4.02. The molecule has 2 fully saturated rings. The number of benzene rings is 1. The predicted molar refractivity (Wildman–Crippen MR) is 124 cm³/mol. The summed E-state index contributed by atoms with van der Waals surface area (Å²) in [4.78, 5) is 19.0. The van der Waals surface area contributed by atoms with Crippen LogP contribution < -0.4 is 16.0 Å². The lowest BCUT2D eigenvalue weighted by Crippen LogP contribution is -2.44. The monoisotopic (exact) mass is 438 g/mol. The van der Waals surface area contributed by atoms with Crippen molar-refractivity contribution >= 4 is 39.9 Å². The first kappa shape index (κ1) is 20.1. The molecule has 7 nitrogen and oxygen atoms in total. The molecule has 2 aliphatic rings. The number of carbonyl (C=O) groups excluding carboxylic acids is 1. The van der Waals surface area contributed by atoms with E-state index in [1.54, 1.807) is 6.20 Å². The SMILES string of the molecule is CC(C)n1ncc2cc(-c3cnc(N)c(Cl)c3N3CCC4(CCNC4=O)CC3)ccc21. The van der Waals surface area contributed by atoms with E-state index in [1.807, 2.05) is 10.9 Å². The van der Waals surface area contributed by atoms with Gasteiger partial charge in [-0.1, -0.05) is 17.7 Å². The zero-order valence-electron chi connectivity index (χ0n) is 17.9. The van der Waals surface area contributed by atoms with Gasteiger partial charge < -0.3 is 16.0 Å². The van der Waals surface area contributed by atoms with E-state index in [9.17, 15) is 4.79 Å². The molecule has 0 atom stereocenters. The number of pyridine rings is 1. The molecule has 4 heterocycles. The number of nitrogens with one attached hydrogen (secondary N) is 1. The third-order valence-electron chi connectivity index (χ3n) is 6.82. The van der Waals surface area contributed by atoms with Crippen LogP contribution in [0.25, 0.3) is 22.0 Å². The van der Waals surface area contributed by atoms with E-state index < -0.39 is 0 Å². The molecule has 31 heavy (non-hydrogen) atoms.